The van der Waals surface area contributed by atoms with Crippen molar-refractivity contribution in [3.63, 3.8) is 0 Å². The van der Waals surface area contributed by atoms with Crippen molar-refractivity contribution in [2.24, 2.45) is 0 Å². The van der Waals surface area contributed by atoms with Gasteiger partial charge in [-0.05, 0) is 62.0 Å². The molecule has 1 fully saturated rings. The molecule has 1 saturated heterocycles. The van der Waals surface area contributed by atoms with Crippen molar-refractivity contribution in [1.82, 2.24) is 19.8 Å². The highest BCUT2D eigenvalue weighted by molar-refractivity contribution is 7.80. The van der Waals surface area contributed by atoms with Crippen LogP contribution in [0.2, 0.25) is 0 Å². The number of nitrogens with one attached hydrogen (secondary N) is 2. The van der Waals surface area contributed by atoms with Gasteiger partial charge < -0.3 is 24.8 Å². The number of methoxy groups -OCH3 is 1. The van der Waals surface area contributed by atoms with Gasteiger partial charge in [-0.1, -0.05) is 18.2 Å². The zero-order valence-electron chi connectivity index (χ0n) is 19.1. The minimum Gasteiger partial charge on any atom is -0.495 e. The highest BCUT2D eigenvalue weighted by atomic mass is 32.1. The maximum atomic E-state index is 12.8. The number of para-hydroxylation sites is 2. The van der Waals surface area contributed by atoms with E-state index < -0.39 is 0 Å². The fourth-order valence-electron chi connectivity index (χ4n) is 4.12. The van der Waals surface area contributed by atoms with Crippen molar-refractivity contribution < 1.29 is 9.53 Å². The second kappa shape index (κ2) is 10.0. The van der Waals surface area contributed by atoms with Gasteiger partial charge in [-0.15, -0.1) is 0 Å². The van der Waals surface area contributed by atoms with Crippen LogP contribution in [0.4, 0.5) is 5.69 Å². The van der Waals surface area contributed by atoms with E-state index >= 15 is 0 Å². The molecule has 2 atom stereocenters. The first-order valence-corrected chi connectivity index (χ1v) is 11.5. The van der Waals surface area contributed by atoms with E-state index in [1.165, 1.54) is 0 Å². The summed E-state index contributed by atoms with van der Waals surface area (Å²) in [4.78, 5) is 19.4. The fourth-order valence-corrected chi connectivity index (χ4v) is 4.45. The Labute approximate surface area is 199 Å². The van der Waals surface area contributed by atoms with Gasteiger partial charge >= 0.3 is 0 Å². The van der Waals surface area contributed by atoms with Gasteiger partial charge in [-0.25, -0.2) is 0 Å². The molecule has 1 aliphatic rings. The Hall–Kier alpha value is -3.39. The number of pyridine rings is 1. The minimum atomic E-state index is -0.0982. The maximum Gasteiger partial charge on any atom is 0.226 e. The topological polar surface area (TPSA) is 71.4 Å². The lowest BCUT2D eigenvalue weighted by molar-refractivity contribution is -0.116. The summed E-state index contributed by atoms with van der Waals surface area (Å²) in [6.07, 6.45) is 6.32. The van der Waals surface area contributed by atoms with Crippen LogP contribution in [-0.2, 0) is 4.79 Å². The SMILES string of the molecule is COc1ccccc1NC(=O)CCN1C(=S)N[C@@H](c2ccccn2)[C@H]1c1ccn(C(C)C)c1. The lowest BCUT2D eigenvalue weighted by Crippen LogP contribution is -2.32. The van der Waals surface area contributed by atoms with E-state index in [9.17, 15) is 4.79 Å². The van der Waals surface area contributed by atoms with Gasteiger partial charge in [0, 0.05) is 37.6 Å². The normalized spacial score (nSPS) is 17.8. The van der Waals surface area contributed by atoms with Crippen molar-refractivity contribution in [2.45, 2.75) is 38.4 Å². The second-order valence-electron chi connectivity index (χ2n) is 8.30. The zero-order valence-corrected chi connectivity index (χ0v) is 19.9. The first-order valence-electron chi connectivity index (χ1n) is 11.1. The molecule has 0 bridgehead atoms. The van der Waals surface area contributed by atoms with Crippen molar-refractivity contribution in [3.05, 3.63) is 78.4 Å². The molecule has 3 heterocycles. The lowest BCUT2D eigenvalue weighted by Gasteiger charge is -2.27. The van der Waals surface area contributed by atoms with Crippen molar-refractivity contribution in [1.29, 1.82) is 0 Å². The summed E-state index contributed by atoms with van der Waals surface area (Å²) >= 11 is 5.70. The molecule has 0 radical (unpaired) electrons. The highest BCUT2D eigenvalue weighted by Crippen LogP contribution is 2.39. The Balaban J connectivity index is 1.54. The van der Waals surface area contributed by atoms with Gasteiger partial charge in [0.15, 0.2) is 5.11 Å². The third kappa shape index (κ3) is 5.01. The summed E-state index contributed by atoms with van der Waals surface area (Å²) in [6, 6.07) is 15.6. The summed E-state index contributed by atoms with van der Waals surface area (Å²) in [7, 11) is 1.59. The molecule has 1 aromatic carbocycles. The standard InChI is InChI=1S/C25H29N5O2S/c1-17(2)29-14-11-18(16-29)24-23(20-9-6-7-13-26-20)28-25(33)30(24)15-12-22(31)27-19-8-4-5-10-21(19)32-3/h4-11,13-14,16-17,23-24H,12,15H2,1-3H3,(H,27,31)(H,28,33)/t23-,24+/m0/s1. The molecule has 172 valence electrons. The average Bonchev–Trinajstić information content (AvgIpc) is 3.43. The predicted octanol–water partition coefficient (Wildman–Crippen LogP) is 4.47. The van der Waals surface area contributed by atoms with Gasteiger partial charge in [0.25, 0.3) is 0 Å². The number of amides is 1. The van der Waals surface area contributed by atoms with E-state index in [4.69, 9.17) is 17.0 Å². The summed E-state index contributed by atoms with van der Waals surface area (Å²) in [5.74, 6) is 0.536. The van der Waals surface area contributed by atoms with Crippen LogP contribution in [0.25, 0.3) is 0 Å². The van der Waals surface area contributed by atoms with E-state index in [0.717, 1.165) is 11.3 Å². The molecule has 0 spiro atoms. The fraction of sp³-hybridized carbons (Fsp3) is 0.320. The number of thiocarbonyl (C=S) groups is 1. The van der Waals surface area contributed by atoms with Crippen LogP contribution in [0, 0.1) is 0 Å². The number of carbonyl (C=O) groups excluding carboxylic acids is 1. The zero-order chi connectivity index (χ0) is 23.4. The predicted molar refractivity (Wildman–Crippen MR) is 133 cm³/mol. The lowest BCUT2D eigenvalue weighted by atomic mass is 9.99. The monoisotopic (exact) mass is 463 g/mol. The van der Waals surface area contributed by atoms with Crippen LogP contribution >= 0.6 is 12.2 Å². The molecule has 4 rings (SSSR count). The Morgan fingerprint density at radius 2 is 2.00 bits per heavy atom. The Kier molecular flexibility index (Phi) is 6.93. The third-order valence-electron chi connectivity index (χ3n) is 5.83. The number of nitrogens with zero attached hydrogens (tertiary/aromatic N) is 3. The first kappa shape index (κ1) is 22.8. The van der Waals surface area contributed by atoms with E-state index in [-0.39, 0.29) is 24.4 Å². The molecule has 1 amide bonds. The average molecular weight is 464 g/mol. The molecular weight excluding hydrogens is 434 g/mol. The Morgan fingerprint density at radius 3 is 2.70 bits per heavy atom. The van der Waals surface area contributed by atoms with Gasteiger partial charge in [0.05, 0.1) is 30.6 Å². The number of anilines is 1. The van der Waals surface area contributed by atoms with Crippen LogP contribution in [0.15, 0.2) is 67.1 Å². The van der Waals surface area contributed by atoms with Crippen LogP contribution in [0.1, 0.15) is 49.7 Å². The van der Waals surface area contributed by atoms with Crippen molar-refractivity contribution >= 4 is 28.9 Å². The molecule has 3 aromatic rings. The van der Waals surface area contributed by atoms with E-state index in [2.05, 4.69) is 57.4 Å². The largest absolute Gasteiger partial charge is 0.495 e. The number of ether oxygens (including phenoxy) is 1. The molecule has 2 aromatic heterocycles. The van der Waals surface area contributed by atoms with Gasteiger partial charge in [0.1, 0.15) is 5.75 Å². The molecular formula is C25H29N5O2S. The van der Waals surface area contributed by atoms with Gasteiger partial charge in [-0.3, -0.25) is 9.78 Å². The summed E-state index contributed by atoms with van der Waals surface area (Å²) in [6.45, 7) is 4.78. The summed E-state index contributed by atoms with van der Waals surface area (Å²) in [5, 5.41) is 7.00. The molecule has 8 heteroatoms. The summed E-state index contributed by atoms with van der Waals surface area (Å²) < 4.78 is 7.51. The van der Waals surface area contributed by atoms with Crippen LogP contribution in [0.3, 0.4) is 0 Å². The molecule has 33 heavy (non-hydrogen) atoms. The molecule has 2 N–H and O–H groups in total. The molecule has 0 unspecified atom stereocenters. The first-order chi connectivity index (χ1) is 16.0. The number of hydrogen-bond acceptors (Lipinski definition) is 4. The minimum absolute atomic E-state index is 0.0635. The van der Waals surface area contributed by atoms with Crippen LogP contribution < -0.4 is 15.4 Å². The molecule has 0 aliphatic carbocycles. The number of carbonyl (C=O) groups is 1. The van der Waals surface area contributed by atoms with E-state index in [1.54, 1.807) is 13.3 Å². The number of benzene rings is 1. The van der Waals surface area contributed by atoms with Gasteiger partial charge in [-0.2, -0.15) is 0 Å². The van der Waals surface area contributed by atoms with Gasteiger partial charge in [0.2, 0.25) is 5.91 Å². The van der Waals surface area contributed by atoms with Crippen LogP contribution in [-0.4, -0.2) is 39.1 Å². The smallest absolute Gasteiger partial charge is 0.226 e. The number of hydrogen-bond donors (Lipinski definition) is 2. The van der Waals surface area contributed by atoms with E-state index in [0.29, 0.717) is 29.1 Å². The highest BCUT2D eigenvalue weighted by Gasteiger charge is 2.40. The van der Waals surface area contributed by atoms with E-state index in [1.807, 2.05) is 42.5 Å². The Morgan fingerprint density at radius 1 is 1.21 bits per heavy atom. The number of aromatic nitrogens is 2. The third-order valence-corrected chi connectivity index (χ3v) is 6.19. The maximum absolute atomic E-state index is 12.8. The summed E-state index contributed by atoms with van der Waals surface area (Å²) in [5.41, 5.74) is 2.71. The molecule has 1 aliphatic heterocycles. The van der Waals surface area contributed by atoms with Crippen LogP contribution in [0.5, 0.6) is 5.75 Å². The number of rotatable bonds is 8. The Bertz CT molecular complexity index is 1110. The second-order valence-corrected chi connectivity index (χ2v) is 8.69. The van der Waals surface area contributed by atoms with Crippen molar-refractivity contribution in [2.75, 3.05) is 19.0 Å². The quantitative estimate of drug-likeness (QED) is 0.480. The molecule has 0 saturated carbocycles. The molecule has 7 nitrogen and oxygen atoms in total. The van der Waals surface area contributed by atoms with Crippen molar-refractivity contribution in [3.8, 4) is 5.75 Å².